The van der Waals surface area contributed by atoms with Gasteiger partial charge in [0.1, 0.15) is 0 Å². The molecule has 0 radical (unpaired) electrons. The van der Waals surface area contributed by atoms with Crippen LogP contribution in [-0.2, 0) is 0 Å². The molecule has 3 rings (SSSR count). The minimum absolute atomic E-state index is 0.772. The number of hydrogen-bond donors (Lipinski definition) is 2. The number of nitrogens with one attached hydrogen (secondary N) is 2. The minimum atomic E-state index is 0.772. The molecule has 2 nitrogen and oxygen atoms in total. The molecule has 0 bridgehead atoms. The van der Waals surface area contributed by atoms with E-state index in [4.69, 9.17) is 0 Å². The lowest BCUT2D eigenvalue weighted by Crippen LogP contribution is -2.03. The molecule has 0 atom stereocenters. The van der Waals surface area contributed by atoms with Gasteiger partial charge in [-0.2, -0.15) is 0 Å². The van der Waals surface area contributed by atoms with Gasteiger partial charge in [-0.1, -0.05) is 50.1 Å². The monoisotopic (exact) mass is 268 g/mol. The summed E-state index contributed by atoms with van der Waals surface area (Å²) in [4.78, 5) is 0. The molecule has 2 N–H and O–H groups in total. The first-order valence-corrected chi connectivity index (χ1v) is 7.83. The van der Waals surface area contributed by atoms with Gasteiger partial charge in [-0.25, -0.2) is 0 Å². The van der Waals surface area contributed by atoms with Crippen LogP contribution in [0.15, 0.2) is 36.6 Å². The first-order valence-electron chi connectivity index (χ1n) is 7.83. The summed E-state index contributed by atoms with van der Waals surface area (Å²) in [5.41, 5.74) is 4.75. The van der Waals surface area contributed by atoms with E-state index >= 15 is 0 Å². The minimum Gasteiger partial charge on any atom is -0.382 e. The van der Waals surface area contributed by atoms with Crippen molar-refractivity contribution in [1.29, 1.82) is 0 Å². The molecule has 1 aromatic carbocycles. The van der Waals surface area contributed by atoms with Crippen molar-refractivity contribution in [1.82, 2.24) is 0 Å². The van der Waals surface area contributed by atoms with Crippen LogP contribution in [0.2, 0.25) is 0 Å². The zero-order chi connectivity index (χ0) is 13.8. The summed E-state index contributed by atoms with van der Waals surface area (Å²) in [6.45, 7) is 5.00. The van der Waals surface area contributed by atoms with Crippen LogP contribution in [0.5, 0.6) is 0 Å². The van der Waals surface area contributed by atoms with Crippen LogP contribution in [0.25, 0.3) is 6.08 Å². The van der Waals surface area contributed by atoms with Crippen LogP contribution < -0.4 is 10.6 Å². The Labute approximate surface area is 122 Å². The molecule has 2 aliphatic rings. The first-order chi connectivity index (χ1) is 9.83. The second-order valence-corrected chi connectivity index (χ2v) is 5.93. The maximum atomic E-state index is 4.05. The van der Waals surface area contributed by atoms with E-state index in [1.54, 1.807) is 0 Å². The van der Waals surface area contributed by atoms with Gasteiger partial charge in [0.25, 0.3) is 0 Å². The molecular weight excluding hydrogens is 244 g/mol. The Morgan fingerprint density at radius 1 is 1.15 bits per heavy atom. The summed E-state index contributed by atoms with van der Waals surface area (Å²) < 4.78 is 0. The quantitative estimate of drug-likeness (QED) is 0.787. The fraction of sp³-hybridized carbons (Fsp3) is 0.444. The van der Waals surface area contributed by atoms with Crippen molar-refractivity contribution in [3.05, 3.63) is 42.1 Å². The van der Waals surface area contributed by atoms with Gasteiger partial charge in [-0.3, -0.25) is 0 Å². The van der Waals surface area contributed by atoms with Crippen molar-refractivity contribution in [3.8, 4) is 0 Å². The molecule has 2 heteroatoms. The Bertz CT molecular complexity index is 510. The Balaban J connectivity index is 1.81. The lowest BCUT2D eigenvalue weighted by atomic mass is 9.88. The van der Waals surface area contributed by atoms with E-state index in [0.29, 0.717) is 0 Å². The number of benzene rings is 1. The van der Waals surface area contributed by atoms with E-state index in [1.807, 2.05) is 0 Å². The average Bonchev–Trinajstić information content (AvgIpc) is 2.67. The lowest BCUT2D eigenvalue weighted by molar-refractivity contribution is 0.420. The van der Waals surface area contributed by atoms with E-state index in [-0.39, 0.29) is 0 Å². The molecule has 1 saturated carbocycles. The van der Waals surface area contributed by atoms with Crippen LogP contribution in [0.4, 0.5) is 11.4 Å². The van der Waals surface area contributed by atoms with Crippen LogP contribution in [0.3, 0.4) is 0 Å². The van der Waals surface area contributed by atoms with Crippen molar-refractivity contribution in [2.75, 3.05) is 17.2 Å². The average molecular weight is 268 g/mol. The normalized spacial score (nSPS) is 20.1. The van der Waals surface area contributed by atoms with Crippen LogP contribution in [0, 0.1) is 5.92 Å². The summed E-state index contributed by atoms with van der Waals surface area (Å²) in [6.07, 6.45) is 12.6. The number of anilines is 2. The molecule has 1 aromatic rings. The Hall–Kier alpha value is -1.70. The van der Waals surface area contributed by atoms with Gasteiger partial charge in [-0.15, -0.1) is 0 Å². The molecule has 1 aliphatic carbocycles. The van der Waals surface area contributed by atoms with Gasteiger partial charge in [0.2, 0.25) is 0 Å². The zero-order valence-electron chi connectivity index (χ0n) is 12.1. The van der Waals surface area contributed by atoms with Crippen molar-refractivity contribution in [3.63, 3.8) is 0 Å². The summed E-state index contributed by atoms with van der Waals surface area (Å²) in [6, 6.07) is 6.43. The third kappa shape index (κ3) is 3.06. The third-order valence-electron chi connectivity index (χ3n) is 4.33. The van der Waals surface area contributed by atoms with Gasteiger partial charge in [0, 0.05) is 18.7 Å². The zero-order valence-corrected chi connectivity index (χ0v) is 12.1. The number of fused-ring (bicyclic) bond motifs is 1. The molecule has 1 aliphatic heterocycles. The number of rotatable bonds is 2. The smallest absolute Gasteiger partial charge is 0.0652 e. The second-order valence-electron chi connectivity index (χ2n) is 5.93. The van der Waals surface area contributed by atoms with Gasteiger partial charge in [-0.05, 0) is 30.4 Å². The highest BCUT2D eigenvalue weighted by atomic mass is 15.0. The number of para-hydroxylation sites is 1. The third-order valence-corrected chi connectivity index (χ3v) is 4.33. The van der Waals surface area contributed by atoms with Gasteiger partial charge < -0.3 is 10.6 Å². The van der Waals surface area contributed by atoms with E-state index in [1.165, 1.54) is 43.4 Å². The van der Waals surface area contributed by atoms with Crippen molar-refractivity contribution < 1.29 is 0 Å². The molecule has 0 spiro atoms. The number of hydrogen-bond acceptors (Lipinski definition) is 2. The Morgan fingerprint density at radius 3 is 2.85 bits per heavy atom. The molecule has 0 amide bonds. The molecule has 0 aromatic heterocycles. The summed E-state index contributed by atoms with van der Waals surface area (Å²) in [5.74, 6) is 0.772. The highest BCUT2D eigenvalue weighted by Gasteiger charge is 2.13. The predicted octanol–water partition coefficient (Wildman–Crippen LogP) is 5.02. The van der Waals surface area contributed by atoms with E-state index in [9.17, 15) is 0 Å². The highest BCUT2D eigenvalue weighted by Crippen LogP contribution is 2.32. The standard InChI is InChI=1S/C18H24N2/c1-14-12-13-19-18-16(8-5-9-17(18)20-14)11-10-15-6-3-2-4-7-15/h5,8-11,15,19-20H,1-4,6-7,12-13H2/b11-10+. The molecule has 1 fully saturated rings. The fourth-order valence-corrected chi connectivity index (χ4v) is 3.17. The molecule has 0 saturated heterocycles. The number of allylic oxidation sites excluding steroid dienone is 1. The highest BCUT2D eigenvalue weighted by molar-refractivity contribution is 5.81. The summed E-state index contributed by atoms with van der Waals surface area (Å²) in [7, 11) is 0. The van der Waals surface area contributed by atoms with E-state index < -0.39 is 0 Å². The van der Waals surface area contributed by atoms with Crippen molar-refractivity contribution in [2.45, 2.75) is 38.5 Å². The second kappa shape index (κ2) is 6.17. The first kappa shape index (κ1) is 13.3. The SMILES string of the molecule is C=C1CCNc2c(/C=C/C3CCCCC3)cccc2N1. The van der Waals surface area contributed by atoms with Crippen LogP contribution in [-0.4, -0.2) is 6.54 Å². The Morgan fingerprint density at radius 2 is 2.00 bits per heavy atom. The van der Waals surface area contributed by atoms with Gasteiger partial charge >= 0.3 is 0 Å². The van der Waals surface area contributed by atoms with Gasteiger partial charge in [0.15, 0.2) is 0 Å². The molecular formula is C18H24N2. The molecule has 1 heterocycles. The van der Waals surface area contributed by atoms with Crippen molar-refractivity contribution in [2.24, 2.45) is 5.92 Å². The van der Waals surface area contributed by atoms with Crippen LogP contribution >= 0.6 is 0 Å². The van der Waals surface area contributed by atoms with E-state index in [2.05, 4.69) is 47.6 Å². The maximum absolute atomic E-state index is 4.05. The van der Waals surface area contributed by atoms with Gasteiger partial charge in [0.05, 0.1) is 11.4 Å². The fourth-order valence-electron chi connectivity index (χ4n) is 3.17. The van der Waals surface area contributed by atoms with Crippen molar-refractivity contribution >= 4 is 17.5 Å². The molecule has 20 heavy (non-hydrogen) atoms. The maximum Gasteiger partial charge on any atom is 0.0652 e. The topological polar surface area (TPSA) is 24.1 Å². The van der Waals surface area contributed by atoms with Crippen LogP contribution in [0.1, 0.15) is 44.1 Å². The lowest BCUT2D eigenvalue weighted by Gasteiger charge is -2.18. The summed E-state index contributed by atoms with van der Waals surface area (Å²) >= 11 is 0. The molecule has 106 valence electrons. The molecule has 0 unspecified atom stereocenters. The predicted molar refractivity (Wildman–Crippen MR) is 87.9 cm³/mol. The largest absolute Gasteiger partial charge is 0.382 e. The van der Waals surface area contributed by atoms with E-state index in [0.717, 1.165) is 30.3 Å². The summed E-state index contributed by atoms with van der Waals surface area (Å²) in [5, 5.41) is 6.95. The Kier molecular flexibility index (Phi) is 4.10.